The molecule has 1 saturated heterocycles. The van der Waals surface area contributed by atoms with Gasteiger partial charge < -0.3 is 15.3 Å². The molecule has 1 aromatic rings. The number of aliphatic hydroxyl groups is 1. The number of nitrogens with one attached hydrogen (secondary N) is 1. The van der Waals surface area contributed by atoms with Crippen molar-refractivity contribution in [3.05, 3.63) is 29.8 Å². The standard InChI is InChI=1S/C16H26N2O/c1-3-14-4-6-15(7-5-14)18-10-8-13(2)17-12-16(18)9-11-19/h4-7,13,16-17,19H,3,8-12H2,1-2H3. The number of rotatable bonds is 4. The van der Waals surface area contributed by atoms with Crippen molar-refractivity contribution in [2.24, 2.45) is 0 Å². The fourth-order valence-electron chi connectivity index (χ4n) is 2.73. The highest BCUT2D eigenvalue weighted by Gasteiger charge is 2.22. The second-order valence-corrected chi connectivity index (χ2v) is 5.48. The summed E-state index contributed by atoms with van der Waals surface area (Å²) in [7, 11) is 0. The van der Waals surface area contributed by atoms with Crippen molar-refractivity contribution in [3.8, 4) is 0 Å². The van der Waals surface area contributed by atoms with Crippen LogP contribution in [0.5, 0.6) is 0 Å². The lowest BCUT2D eigenvalue weighted by Gasteiger charge is -2.31. The Hall–Kier alpha value is -1.06. The molecule has 1 aliphatic heterocycles. The Morgan fingerprint density at radius 1 is 1.32 bits per heavy atom. The Kier molecular flexibility index (Phi) is 5.23. The smallest absolute Gasteiger partial charge is 0.0451 e. The molecule has 0 amide bonds. The number of anilines is 1. The molecule has 1 heterocycles. The van der Waals surface area contributed by atoms with Crippen LogP contribution in [0.1, 0.15) is 32.3 Å². The van der Waals surface area contributed by atoms with Crippen molar-refractivity contribution in [3.63, 3.8) is 0 Å². The van der Waals surface area contributed by atoms with E-state index in [1.54, 1.807) is 0 Å². The minimum Gasteiger partial charge on any atom is -0.396 e. The quantitative estimate of drug-likeness (QED) is 0.873. The van der Waals surface area contributed by atoms with E-state index in [1.165, 1.54) is 11.3 Å². The first-order valence-electron chi connectivity index (χ1n) is 7.44. The lowest BCUT2D eigenvalue weighted by molar-refractivity contribution is 0.272. The van der Waals surface area contributed by atoms with Gasteiger partial charge in [-0.25, -0.2) is 0 Å². The van der Waals surface area contributed by atoms with Crippen LogP contribution in [0.2, 0.25) is 0 Å². The van der Waals surface area contributed by atoms with Crippen molar-refractivity contribution < 1.29 is 5.11 Å². The molecule has 0 bridgehead atoms. The van der Waals surface area contributed by atoms with Gasteiger partial charge in [0.25, 0.3) is 0 Å². The van der Waals surface area contributed by atoms with E-state index in [2.05, 4.69) is 48.3 Å². The number of benzene rings is 1. The summed E-state index contributed by atoms with van der Waals surface area (Å²) in [5, 5.41) is 12.8. The molecule has 3 heteroatoms. The third kappa shape index (κ3) is 3.71. The maximum Gasteiger partial charge on any atom is 0.0451 e. The van der Waals surface area contributed by atoms with Crippen molar-refractivity contribution in [1.82, 2.24) is 5.32 Å². The van der Waals surface area contributed by atoms with Gasteiger partial charge >= 0.3 is 0 Å². The first-order valence-corrected chi connectivity index (χ1v) is 7.44. The van der Waals surface area contributed by atoms with Gasteiger partial charge in [0.2, 0.25) is 0 Å². The third-order valence-corrected chi connectivity index (χ3v) is 4.08. The summed E-state index contributed by atoms with van der Waals surface area (Å²) in [6, 6.07) is 9.82. The fourth-order valence-corrected chi connectivity index (χ4v) is 2.73. The molecular formula is C16H26N2O. The molecule has 3 nitrogen and oxygen atoms in total. The first kappa shape index (κ1) is 14.4. The van der Waals surface area contributed by atoms with Gasteiger partial charge in [-0.1, -0.05) is 19.1 Å². The minimum absolute atomic E-state index is 0.254. The molecule has 0 saturated carbocycles. The summed E-state index contributed by atoms with van der Waals surface area (Å²) in [4.78, 5) is 2.45. The highest BCUT2D eigenvalue weighted by atomic mass is 16.3. The second kappa shape index (κ2) is 6.92. The van der Waals surface area contributed by atoms with Crippen LogP contribution in [-0.4, -0.2) is 36.9 Å². The van der Waals surface area contributed by atoms with Crippen LogP contribution < -0.4 is 10.2 Å². The molecular weight excluding hydrogens is 236 g/mol. The van der Waals surface area contributed by atoms with Gasteiger partial charge in [-0.15, -0.1) is 0 Å². The maximum atomic E-state index is 9.27. The fraction of sp³-hybridized carbons (Fsp3) is 0.625. The predicted octanol–water partition coefficient (Wildman–Crippen LogP) is 2.19. The highest BCUT2D eigenvalue weighted by molar-refractivity contribution is 5.49. The predicted molar refractivity (Wildman–Crippen MR) is 80.7 cm³/mol. The molecule has 1 fully saturated rings. The van der Waals surface area contributed by atoms with Gasteiger partial charge in [-0.3, -0.25) is 0 Å². The van der Waals surface area contributed by atoms with E-state index >= 15 is 0 Å². The van der Waals surface area contributed by atoms with E-state index in [0.717, 1.165) is 32.4 Å². The van der Waals surface area contributed by atoms with Crippen LogP contribution in [0, 0.1) is 0 Å². The van der Waals surface area contributed by atoms with Gasteiger partial charge in [-0.05, 0) is 43.9 Å². The number of hydrogen-bond acceptors (Lipinski definition) is 3. The summed E-state index contributed by atoms with van der Waals surface area (Å²) >= 11 is 0. The lowest BCUT2D eigenvalue weighted by atomic mass is 10.1. The Balaban J connectivity index is 2.16. The number of aryl methyl sites for hydroxylation is 1. The Labute approximate surface area is 116 Å². The van der Waals surface area contributed by atoms with Gasteiger partial charge in [0, 0.05) is 37.5 Å². The third-order valence-electron chi connectivity index (χ3n) is 4.08. The maximum absolute atomic E-state index is 9.27. The minimum atomic E-state index is 0.254. The van der Waals surface area contributed by atoms with E-state index in [0.29, 0.717) is 12.1 Å². The average molecular weight is 262 g/mol. The molecule has 0 aromatic heterocycles. The van der Waals surface area contributed by atoms with Crippen molar-refractivity contribution in [2.75, 3.05) is 24.6 Å². The van der Waals surface area contributed by atoms with E-state index in [-0.39, 0.29) is 6.61 Å². The molecule has 2 unspecified atom stereocenters. The number of aliphatic hydroxyl groups excluding tert-OH is 1. The largest absolute Gasteiger partial charge is 0.396 e. The van der Waals surface area contributed by atoms with Gasteiger partial charge in [-0.2, -0.15) is 0 Å². The van der Waals surface area contributed by atoms with E-state index in [4.69, 9.17) is 0 Å². The second-order valence-electron chi connectivity index (χ2n) is 5.48. The summed E-state index contributed by atoms with van der Waals surface area (Å²) in [5.74, 6) is 0. The molecule has 0 aliphatic carbocycles. The molecule has 2 N–H and O–H groups in total. The van der Waals surface area contributed by atoms with Crippen LogP contribution >= 0.6 is 0 Å². The molecule has 0 spiro atoms. The first-order chi connectivity index (χ1) is 9.24. The van der Waals surface area contributed by atoms with Gasteiger partial charge in [0.15, 0.2) is 0 Å². The normalized spacial score (nSPS) is 24.3. The Morgan fingerprint density at radius 3 is 2.68 bits per heavy atom. The highest BCUT2D eigenvalue weighted by Crippen LogP contribution is 2.22. The molecule has 2 atom stereocenters. The zero-order valence-corrected chi connectivity index (χ0v) is 12.1. The van der Waals surface area contributed by atoms with Crippen molar-refractivity contribution in [1.29, 1.82) is 0 Å². The Bertz CT molecular complexity index is 377. The SMILES string of the molecule is CCc1ccc(N2CCC(C)NCC2CCO)cc1. The zero-order chi connectivity index (χ0) is 13.7. The van der Waals surface area contributed by atoms with Gasteiger partial charge in [0.1, 0.15) is 0 Å². The van der Waals surface area contributed by atoms with Crippen LogP contribution in [0.15, 0.2) is 24.3 Å². The van der Waals surface area contributed by atoms with Crippen molar-refractivity contribution in [2.45, 2.75) is 45.2 Å². The zero-order valence-electron chi connectivity index (χ0n) is 12.1. The topological polar surface area (TPSA) is 35.5 Å². The summed E-state index contributed by atoms with van der Waals surface area (Å²) in [6.07, 6.45) is 3.06. The number of hydrogen-bond donors (Lipinski definition) is 2. The van der Waals surface area contributed by atoms with Crippen LogP contribution in [0.4, 0.5) is 5.69 Å². The van der Waals surface area contributed by atoms with Crippen LogP contribution in [-0.2, 0) is 6.42 Å². The molecule has 1 aromatic carbocycles. The van der Waals surface area contributed by atoms with E-state index < -0.39 is 0 Å². The van der Waals surface area contributed by atoms with E-state index in [1.807, 2.05) is 0 Å². The molecule has 1 aliphatic rings. The summed E-state index contributed by atoms with van der Waals surface area (Å²) in [5.41, 5.74) is 2.66. The van der Waals surface area contributed by atoms with Crippen LogP contribution in [0.3, 0.4) is 0 Å². The van der Waals surface area contributed by atoms with Gasteiger partial charge in [0.05, 0.1) is 0 Å². The average Bonchev–Trinajstić information content (AvgIpc) is 2.62. The summed E-state index contributed by atoms with van der Waals surface area (Å²) < 4.78 is 0. The number of nitrogens with zero attached hydrogens (tertiary/aromatic N) is 1. The molecule has 19 heavy (non-hydrogen) atoms. The summed E-state index contributed by atoms with van der Waals surface area (Å²) in [6.45, 7) is 6.69. The van der Waals surface area contributed by atoms with Crippen molar-refractivity contribution >= 4 is 5.69 Å². The van der Waals surface area contributed by atoms with Crippen LogP contribution in [0.25, 0.3) is 0 Å². The molecule has 2 rings (SSSR count). The Morgan fingerprint density at radius 2 is 2.05 bits per heavy atom. The molecule has 106 valence electrons. The lowest BCUT2D eigenvalue weighted by Crippen LogP contribution is -2.41. The molecule has 0 radical (unpaired) electrons. The monoisotopic (exact) mass is 262 g/mol. The van der Waals surface area contributed by atoms with E-state index in [9.17, 15) is 5.11 Å².